The average molecular weight is 302 g/mol. The highest BCUT2D eigenvalue weighted by Crippen LogP contribution is 2.31. The first-order chi connectivity index (χ1) is 10.7. The minimum atomic E-state index is -0.181. The van der Waals surface area contributed by atoms with E-state index in [9.17, 15) is 4.39 Å². The zero-order valence-electron chi connectivity index (χ0n) is 13.0. The smallest absolute Gasteiger partial charge is 0.161 e. The molecule has 1 N–H and O–H groups in total. The van der Waals surface area contributed by atoms with E-state index in [-0.39, 0.29) is 5.82 Å². The molecule has 22 heavy (non-hydrogen) atoms. The number of benzene rings is 2. The Balaban J connectivity index is 1.76. The van der Waals surface area contributed by atoms with Crippen LogP contribution in [0.25, 0.3) is 0 Å². The van der Waals surface area contributed by atoms with Crippen LogP contribution in [0.2, 0.25) is 0 Å². The lowest BCUT2D eigenvalue weighted by atomic mass is 9.98. The van der Waals surface area contributed by atoms with Crippen molar-refractivity contribution in [2.45, 2.75) is 19.5 Å². The molecule has 1 heterocycles. The fourth-order valence-corrected chi connectivity index (χ4v) is 3.07. The number of halogens is 1. The number of fused-ring (bicyclic) bond motifs is 1. The van der Waals surface area contributed by atoms with Gasteiger partial charge in [0.25, 0.3) is 0 Å². The lowest BCUT2D eigenvalue weighted by Crippen LogP contribution is -3.10. The van der Waals surface area contributed by atoms with Gasteiger partial charge in [-0.2, -0.15) is 0 Å². The zero-order chi connectivity index (χ0) is 15.5. The molecule has 0 saturated heterocycles. The van der Waals surface area contributed by atoms with E-state index in [0.717, 1.165) is 37.6 Å². The SMILES string of the molecule is COc1cc2c(cc1OC)C[NH+](Cc1ccc(F)cc1)CC2. The molecule has 0 saturated carbocycles. The molecule has 1 aliphatic rings. The second-order valence-corrected chi connectivity index (χ2v) is 5.71. The molecule has 3 nitrogen and oxygen atoms in total. The molecule has 2 aromatic carbocycles. The molecule has 1 atom stereocenters. The topological polar surface area (TPSA) is 22.9 Å². The van der Waals surface area contributed by atoms with Crippen molar-refractivity contribution in [1.82, 2.24) is 0 Å². The van der Waals surface area contributed by atoms with Gasteiger partial charge in [0.1, 0.15) is 18.9 Å². The summed E-state index contributed by atoms with van der Waals surface area (Å²) in [4.78, 5) is 1.48. The minimum absolute atomic E-state index is 0.181. The van der Waals surface area contributed by atoms with Gasteiger partial charge in [0.15, 0.2) is 11.5 Å². The largest absolute Gasteiger partial charge is 0.493 e. The summed E-state index contributed by atoms with van der Waals surface area (Å²) in [5.41, 5.74) is 3.81. The quantitative estimate of drug-likeness (QED) is 0.933. The first kappa shape index (κ1) is 14.9. The molecule has 4 heteroatoms. The van der Waals surface area contributed by atoms with E-state index in [2.05, 4.69) is 12.1 Å². The van der Waals surface area contributed by atoms with Crippen LogP contribution in [0.15, 0.2) is 36.4 Å². The Bertz CT molecular complexity index is 655. The molecule has 0 spiro atoms. The van der Waals surface area contributed by atoms with Crippen LogP contribution < -0.4 is 14.4 Å². The van der Waals surface area contributed by atoms with E-state index in [4.69, 9.17) is 9.47 Å². The molecule has 0 aromatic heterocycles. The second-order valence-electron chi connectivity index (χ2n) is 5.71. The molecule has 0 amide bonds. The molecule has 3 rings (SSSR count). The normalized spacial score (nSPS) is 17.0. The van der Waals surface area contributed by atoms with Gasteiger partial charge in [-0.25, -0.2) is 4.39 Å². The lowest BCUT2D eigenvalue weighted by molar-refractivity contribution is -0.929. The Morgan fingerprint density at radius 1 is 1.00 bits per heavy atom. The number of hydrogen-bond acceptors (Lipinski definition) is 2. The van der Waals surface area contributed by atoms with Gasteiger partial charge in [0.2, 0.25) is 0 Å². The van der Waals surface area contributed by atoms with Gasteiger partial charge in [-0.1, -0.05) is 12.1 Å². The van der Waals surface area contributed by atoms with Gasteiger partial charge in [-0.3, -0.25) is 0 Å². The van der Waals surface area contributed by atoms with Crippen molar-refractivity contribution in [1.29, 1.82) is 0 Å². The monoisotopic (exact) mass is 302 g/mol. The van der Waals surface area contributed by atoms with E-state index >= 15 is 0 Å². The Kier molecular flexibility index (Phi) is 4.29. The Morgan fingerprint density at radius 3 is 2.27 bits per heavy atom. The molecular weight excluding hydrogens is 281 g/mol. The van der Waals surface area contributed by atoms with Gasteiger partial charge < -0.3 is 14.4 Å². The maximum atomic E-state index is 13.0. The highest BCUT2D eigenvalue weighted by molar-refractivity contribution is 5.47. The first-order valence-electron chi connectivity index (χ1n) is 7.51. The van der Waals surface area contributed by atoms with Gasteiger partial charge in [-0.05, 0) is 29.8 Å². The Hall–Kier alpha value is -2.07. The number of quaternary nitrogens is 1. The molecule has 2 aromatic rings. The van der Waals surface area contributed by atoms with E-state index in [1.165, 1.54) is 33.7 Å². The molecule has 0 radical (unpaired) electrons. The van der Waals surface area contributed by atoms with Crippen molar-refractivity contribution in [2.75, 3.05) is 20.8 Å². The zero-order valence-corrected chi connectivity index (χ0v) is 13.0. The van der Waals surface area contributed by atoms with Crippen molar-refractivity contribution in [3.8, 4) is 11.5 Å². The predicted molar refractivity (Wildman–Crippen MR) is 82.9 cm³/mol. The first-order valence-corrected chi connectivity index (χ1v) is 7.51. The third kappa shape index (κ3) is 3.07. The predicted octanol–water partition coefficient (Wildman–Crippen LogP) is 1.98. The van der Waals surface area contributed by atoms with Crippen LogP contribution in [-0.4, -0.2) is 20.8 Å². The van der Waals surface area contributed by atoms with Crippen LogP contribution in [0.5, 0.6) is 11.5 Å². The molecular formula is C18H21FNO2+. The third-order valence-electron chi connectivity index (χ3n) is 4.26. The molecule has 0 fully saturated rings. The number of rotatable bonds is 4. The number of nitrogens with one attached hydrogen (secondary N) is 1. The van der Waals surface area contributed by atoms with E-state index in [1.54, 1.807) is 14.2 Å². The standard InChI is InChI=1S/C18H20FNO2/c1-21-17-9-14-7-8-20(12-15(14)10-18(17)22-2)11-13-3-5-16(19)6-4-13/h3-6,9-10H,7-8,11-12H2,1-2H3/p+1. The van der Waals surface area contributed by atoms with E-state index in [1.807, 2.05) is 12.1 Å². The summed E-state index contributed by atoms with van der Waals surface area (Å²) in [7, 11) is 3.33. The van der Waals surface area contributed by atoms with E-state index in [0.29, 0.717) is 0 Å². The number of methoxy groups -OCH3 is 2. The van der Waals surface area contributed by atoms with Gasteiger partial charge >= 0.3 is 0 Å². The molecule has 0 aliphatic carbocycles. The fourth-order valence-electron chi connectivity index (χ4n) is 3.07. The maximum absolute atomic E-state index is 13.0. The summed E-state index contributed by atoms with van der Waals surface area (Å²) in [5, 5.41) is 0. The Labute approximate surface area is 130 Å². The number of hydrogen-bond donors (Lipinski definition) is 1. The lowest BCUT2D eigenvalue weighted by Gasteiger charge is -2.27. The van der Waals surface area contributed by atoms with Gasteiger partial charge in [-0.15, -0.1) is 0 Å². The van der Waals surface area contributed by atoms with Crippen molar-refractivity contribution in [3.63, 3.8) is 0 Å². The molecule has 0 bridgehead atoms. The van der Waals surface area contributed by atoms with Gasteiger partial charge in [0.05, 0.1) is 20.8 Å². The fraction of sp³-hybridized carbons (Fsp3) is 0.333. The Morgan fingerprint density at radius 2 is 1.64 bits per heavy atom. The van der Waals surface area contributed by atoms with Crippen LogP contribution in [0.3, 0.4) is 0 Å². The van der Waals surface area contributed by atoms with Crippen LogP contribution in [0.1, 0.15) is 16.7 Å². The molecule has 116 valence electrons. The summed E-state index contributed by atoms with van der Waals surface area (Å²) in [6.45, 7) is 2.93. The summed E-state index contributed by atoms with van der Waals surface area (Å²) in [6, 6.07) is 11.0. The molecule has 1 aliphatic heterocycles. The van der Waals surface area contributed by atoms with Crippen molar-refractivity contribution in [3.05, 3.63) is 58.9 Å². The van der Waals surface area contributed by atoms with Crippen molar-refractivity contribution >= 4 is 0 Å². The average Bonchev–Trinajstić information content (AvgIpc) is 2.55. The molecule has 1 unspecified atom stereocenters. The highest BCUT2D eigenvalue weighted by atomic mass is 19.1. The summed E-state index contributed by atoms with van der Waals surface area (Å²) in [5.74, 6) is 1.40. The van der Waals surface area contributed by atoms with Crippen molar-refractivity contribution < 1.29 is 18.8 Å². The number of ether oxygens (including phenoxy) is 2. The summed E-state index contributed by atoms with van der Waals surface area (Å²) < 4.78 is 23.7. The van der Waals surface area contributed by atoms with Gasteiger partial charge in [0, 0.05) is 17.5 Å². The minimum Gasteiger partial charge on any atom is -0.493 e. The van der Waals surface area contributed by atoms with Crippen LogP contribution in [0, 0.1) is 5.82 Å². The third-order valence-corrected chi connectivity index (χ3v) is 4.26. The van der Waals surface area contributed by atoms with Crippen molar-refractivity contribution in [2.24, 2.45) is 0 Å². The summed E-state index contributed by atoms with van der Waals surface area (Å²) >= 11 is 0. The maximum Gasteiger partial charge on any atom is 0.161 e. The van der Waals surface area contributed by atoms with E-state index < -0.39 is 0 Å². The summed E-state index contributed by atoms with van der Waals surface area (Å²) in [6.07, 6.45) is 1.02. The van der Waals surface area contributed by atoms with Crippen LogP contribution >= 0.6 is 0 Å². The van der Waals surface area contributed by atoms with Crippen LogP contribution in [-0.2, 0) is 19.5 Å². The highest BCUT2D eigenvalue weighted by Gasteiger charge is 2.22. The van der Waals surface area contributed by atoms with Crippen LogP contribution in [0.4, 0.5) is 4.39 Å². The second kappa shape index (κ2) is 6.36.